The molecule has 0 spiro atoms. The first kappa shape index (κ1) is 11.8. The van der Waals surface area contributed by atoms with E-state index in [-0.39, 0.29) is 23.5 Å². The highest BCUT2D eigenvalue weighted by Crippen LogP contribution is 2.16. The number of hydrogen-bond acceptors (Lipinski definition) is 4. The van der Waals surface area contributed by atoms with Gasteiger partial charge in [0, 0.05) is 26.1 Å². The monoisotopic (exact) mass is 254 g/mol. The van der Waals surface area contributed by atoms with E-state index in [1.165, 1.54) is 29.1 Å². The minimum Gasteiger partial charge on any atom is -0.332 e. The molecule has 0 aliphatic carbocycles. The standard InChI is InChI=1S/C10H11ClN4O2/c1-7(16)14-2-3-15(10(17)5-14)9-4-8(11)12-6-13-9/h4,6H,2-3,5H2,1H3. The molecule has 0 aromatic carbocycles. The van der Waals surface area contributed by atoms with Gasteiger partial charge in [-0.2, -0.15) is 0 Å². The van der Waals surface area contributed by atoms with Crippen molar-refractivity contribution in [1.29, 1.82) is 0 Å². The van der Waals surface area contributed by atoms with Crippen LogP contribution in [0.15, 0.2) is 12.4 Å². The minimum absolute atomic E-state index is 0.0803. The van der Waals surface area contributed by atoms with E-state index in [0.29, 0.717) is 18.9 Å². The number of aromatic nitrogens is 2. The predicted octanol–water partition coefficient (Wildman–Crippen LogP) is 0.325. The van der Waals surface area contributed by atoms with Crippen molar-refractivity contribution >= 4 is 29.2 Å². The van der Waals surface area contributed by atoms with Gasteiger partial charge in [0.05, 0.1) is 0 Å². The van der Waals surface area contributed by atoms with Gasteiger partial charge in [0.15, 0.2) is 0 Å². The summed E-state index contributed by atoms with van der Waals surface area (Å²) >= 11 is 5.74. The number of hydrogen-bond donors (Lipinski definition) is 0. The Morgan fingerprint density at radius 1 is 1.41 bits per heavy atom. The van der Waals surface area contributed by atoms with E-state index < -0.39 is 0 Å². The molecule has 2 heterocycles. The van der Waals surface area contributed by atoms with E-state index >= 15 is 0 Å². The number of amides is 2. The maximum Gasteiger partial charge on any atom is 0.247 e. The van der Waals surface area contributed by atoms with Gasteiger partial charge in [-0.25, -0.2) is 9.97 Å². The van der Waals surface area contributed by atoms with Crippen LogP contribution in [-0.4, -0.2) is 46.3 Å². The van der Waals surface area contributed by atoms with Gasteiger partial charge in [-0.3, -0.25) is 14.5 Å². The van der Waals surface area contributed by atoms with Gasteiger partial charge in [0.25, 0.3) is 0 Å². The lowest BCUT2D eigenvalue weighted by atomic mass is 10.3. The molecule has 1 aromatic rings. The van der Waals surface area contributed by atoms with Crippen molar-refractivity contribution in [2.75, 3.05) is 24.5 Å². The van der Waals surface area contributed by atoms with Crippen molar-refractivity contribution in [3.8, 4) is 0 Å². The first-order chi connectivity index (χ1) is 8.08. The summed E-state index contributed by atoms with van der Waals surface area (Å²) in [6.45, 7) is 2.45. The Labute approximate surface area is 103 Å². The molecule has 6 nitrogen and oxygen atoms in total. The molecule has 1 saturated heterocycles. The Morgan fingerprint density at radius 2 is 2.18 bits per heavy atom. The van der Waals surface area contributed by atoms with E-state index in [2.05, 4.69) is 9.97 Å². The summed E-state index contributed by atoms with van der Waals surface area (Å²) in [4.78, 5) is 33.8. The third kappa shape index (κ3) is 2.52. The maximum absolute atomic E-state index is 11.8. The van der Waals surface area contributed by atoms with Crippen LogP contribution in [0.3, 0.4) is 0 Å². The Hall–Kier alpha value is -1.69. The van der Waals surface area contributed by atoms with Gasteiger partial charge in [-0.1, -0.05) is 11.6 Å². The van der Waals surface area contributed by atoms with E-state index in [0.717, 1.165) is 0 Å². The summed E-state index contributed by atoms with van der Waals surface area (Å²) in [5, 5.41) is 0.289. The number of nitrogens with zero attached hydrogens (tertiary/aromatic N) is 4. The van der Waals surface area contributed by atoms with Crippen LogP contribution in [0.5, 0.6) is 0 Å². The lowest BCUT2D eigenvalue weighted by molar-refractivity contribution is -0.135. The van der Waals surface area contributed by atoms with Crippen molar-refractivity contribution in [1.82, 2.24) is 14.9 Å². The summed E-state index contributed by atoms with van der Waals surface area (Å²) < 4.78 is 0. The molecule has 1 fully saturated rings. The van der Waals surface area contributed by atoms with Crippen LogP contribution in [0.2, 0.25) is 5.15 Å². The molecule has 0 unspecified atom stereocenters. The second kappa shape index (κ2) is 4.67. The quantitative estimate of drug-likeness (QED) is 0.677. The fourth-order valence-electron chi connectivity index (χ4n) is 1.66. The average Bonchev–Trinajstić information content (AvgIpc) is 2.28. The fraction of sp³-hybridized carbons (Fsp3) is 0.400. The van der Waals surface area contributed by atoms with Crippen LogP contribution >= 0.6 is 11.6 Å². The number of carbonyl (C=O) groups excluding carboxylic acids is 2. The molecule has 0 atom stereocenters. The van der Waals surface area contributed by atoms with Gasteiger partial charge in [0.2, 0.25) is 11.8 Å². The molecule has 17 heavy (non-hydrogen) atoms. The fourth-order valence-corrected chi connectivity index (χ4v) is 1.80. The lowest BCUT2D eigenvalue weighted by Crippen LogP contribution is -2.52. The van der Waals surface area contributed by atoms with Crippen molar-refractivity contribution in [3.63, 3.8) is 0 Å². The molecule has 0 N–H and O–H groups in total. The molecule has 90 valence electrons. The number of halogens is 1. The van der Waals surface area contributed by atoms with Crippen LogP contribution in [0.25, 0.3) is 0 Å². The van der Waals surface area contributed by atoms with Gasteiger partial charge >= 0.3 is 0 Å². The predicted molar refractivity (Wildman–Crippen MR) is 61.6 cm³/mol. The summed E-state index contributed by atoms with van der Waals surface area (Å²) in [7, 11) is 0. The molecule has 0 saturated carbocycles. The zero-order valence-corrected chi connectivity index (χ0v) is 10.0. The average molecular weight is 255 g/mol. The summed E-state index contributed by atoms with van der Waals surface area (Å²) in [6, 6.07) is 1.53. The third-order valence-corrected chi connectivity index (χ3v) is 2.77. The van der Waals surface area contributed by atoms with Gasteiger partial charge in [-0.15, -0.1) is 0 Å². The van der Waals surface area contributed by atoms with E-state index in [1.807, 2.05) is 0 Å². The lowest BCUT2D eigenvalue weighted by Gasteiger charge is -2.32. The van der Waals surface area contributed by atoms with E-state index in [9.17, 15) is 9.59 Å². The minimum atomic E-state index is -0.166. The largest absolute Gasteiger partial charge is 0.332 e. The molecule has 1 aromatic heterocycles. The summed E-state index contributed by atoms with van der Waals surface area (Å²) in [5.74, 6) is 0.207. The Bertz CT molecular complexity index is 465. The van der Waals surface area contributed by atoms with Crippen LogP contribution in [0.4, 0.5) is 5.82 Å². The second-order valence-corrected chi connectivity index (χ2v) is 4.07. The summed E-state index contributed by atoms with van der Waals surface area (Å²) in [6.07, 6.45) is 1.31. The smallest absolute Gasteiger partial charge is 0.247 e. The maximum atomic E-state index is 11.8. The normalized spacial score (nSPS) is 16.2. The van der Waals surface area contributed by atoms with Crippen LogP contribution in [0, 0.1) is 0 Å². The Morgan fingerprint density at radius 3 is 2.76 bits per heavy atom. The van der Waals surface area contributed by atoms with Gasteiger partial charge in [0.1, 0.15) is 23.8 Å². The highest BCUT2D eigenvalue weighted by molar-refractivity contribution is 6.29. The molecule has 1 aliphatic rings. The SMILES string of the molecule is CC(=O)N1CCN(c2cc(Cl)ncn2)C(=O)C1. The molecule has 2 amide bonds. The third-order valence-electron chi connectivity index (χ3n) is 2.56. The molecule has 0 bridgehead atoms. The zero-order chi connectivity index (χ0) is 12.4. The molecule has 7 heteroatoms. The Kier molecular flexibility index (Phi) is 3.23. The van der Waals surface area contributed by atoms with Crippen LogP contribution in [0.1, 0.15) is 6.92 Å². The van der Waals surface area contributed by atoms with Crippen molar-refractivity contribution in [2.45, 2.75) is 6.92 Å². The number of carbonyl (C=O) groups is 2. The molecule has 1 aliphatic heterocycles. The molecule has 2 rings (SSSR count). The molecule has 0 radical (unpaired) electrons. The highest BCUT2D eigenvalue weighted by atomic mass is 35.5. The van der Waals surface area contributed by atoms with Crippen molar-refractivity contribution < 1.29 is 9.59 Å². The van der Waals surface area contributed by atoms with Crippen LogP contribution in [-0.2, 0) is 9.59 Å². The van der Waals surface area contributed by atoms with Gasteiger partial charge in [-0.05, 0) is 0 Å². The van der Waals surface area contributed by atoms with Gasteiger partial charge < -0.3 is 4.90 Å². The molecular weight excluding hydrogens is 244 g/mol. The summed E-state index contributed by atoms with van der Waals surface area (Å²) in [5.41, 5.74) is 0. The Balaban J connectivity index is 2.15. The van der Waals surface area contributed by atoms with Crippen LogP contribution < -0.4 is 4.90 Å². The first-order valence-corrected chi connectivity index (χ1v) is 5.49. The molecular formula is C10H11ClN4O2. The first-order valence-electron chi connectivity index (χ1n) is 5.11. The number of piperazine rings is 1. The second-order valence-electron chi connectivity index (χ2n) is 3.68. The van der Waals surface area contributed by atoms with E-state index in [4.69, 9.17) is 11.6 Å². The van der Waals surface area contributed by atoms with E-state index in [1.54, 1.807) is 0 Å². The van der Waals surface area contributed by atoms with Crippen molar-refractivity contribution in [3.05, 3.63) is 17.5 Å². The number of anilines is 1. The zero-order valence-electron chi connectivity index (χ0n) is 9.26. The topological polar surface area (TPSA) is 66.4 Å². The number of rotatable bonds is 1. The highest BCUT2D eigenvalue weighted by Gasteiger charge is 2.27. The van der Waals surface area contributed by atoms with Crippen molar-refractivity contribution in [2.24, 2.45) is 0 Å².